The molecule has 2 heterocycles. The number of benzene rings is 2. The average molecular weight is 498 g/mol. The van der Waals surface area contributed by atoms with E-state index in [0.717, 1.165) is 60.9 Å². The highest BCUT2D eigenvalue weighted by molar-refractivity contribution is 7.16. The van der Waals surface area contributed by atoms with Crippen LogP contribution in [0.4, 0.5) is 10.7 Å². The number of aryl methyl sites for hydroxylation is 1. The van der Waals surface area contributed by atoms with Gasteiger partial charge in [0.2, 0.25) is 0 Å². The lowest BCUT2D eigenvalue weighted by atomic mass is 9.93. The van der Waals surface area contributed by atoms with Crippen molar-refractivity contribution in [1.29, 1.82) is 0 Å². The van der Waals surface area contributed by atoms with Gasteiger partial charge in [-0.2, -0.15) is 0 Å². The largest absolute Gasteiger partial charge is 0.349 e. The second-order valence-electron chi connectivity index (χ2n) is 10.1. The molecule has 3 aliphatic rings. The van der Waals surface area contributed by atoms with E-state index in [-0.39, 0.29) is 17.9 Å². The van der Waals surface area contributed by atoms with E-state index in [2.05, 4.69) is 5.32 Å². The molecule has 6 rings (SSSR count). The summed E-state index contributed by atoms with van der Waals surface area (Å²) in [6, 6.07) is 18.1. The first-order chi connectivity index (χ1) is 17.7. The average Bonchev–Trinajstić information content (AvgIpc) is 3.41. The first-order valence-electron chi connectivity index (χ1n) is 13.2. The third kappa shape index (κ3) is 4.39. The Kier molecular flexibility index (Phi) is 6.45. The summed E-state index contributed by atoms with van der Waals surface area (Å²) in [5.74, 6) is -0.120. The molecule has 1 aromatic heterocycles. The lowest BCUT2D eigenvalue weighted by Gasteiger charge is -2.23. The summed E-state index contributed by atoms with van der Waals surface area (Å²) in [6.45, 7) is 0.492. The van der Waals surface area contributed by atoms with Gasteiger partial charge >= 0.3 is 0 Å². The second-order valence-corrected chi connectivity index (χ2v) is 11.1. The molecule has 1 N–H and O–H groups in total. The van der Waals surface area contributed by atoms with Gasteiger partial charge < -0.3 is 10.2 Å². The van der Waals surface area contributed by atoms with Gasteiger partial charge in [0.05, 0.1) is 17.8 Å². The minimum atomic E-state index is -0.106. The zero-order valence-corrected chi connectivity index (χ0v) is 21.3. The Bertz CT molecular complexity index is 1320. The SMILES string of the molecule is O=C(NC1CCCCC1)c1c(N=C2C(=O)N(Cc3ccccc3)c3ccccc32)sc2c1CCCC2. The van der Waals surface area contributed by atoms with E-state index in [0.29, 0.717) is 22.8 Å². The molecule has 36 heavy (non-hydrogen) atoms. The predicted molar refractivity (Wildman–Crippen MR) is 146 cm³/mol. The number of thiophene rings is 1. The van der Waals surface area contributed by atoms with E-state index in [1.807, 2.05) is 54.6 Å². The summed E-state index contributed by atoms with van der Waals surface area (Å²) in [6.07, 6.45) is 9.81. The fourth-order valence-electron chi connectivity index (χ4n) is 5.76. The molecule has 0 saturated heterocycles. The number of nitrogens with zero attached hydrogens (tertiary/aromatic N) is 2. The number of hydrogen-bond acceptors (Lipinski definition) is 4. The van der Waals surface area contributed by atoms with Crippen LogP contribution in [-0.4, -0.2) is 23.6 Å². The van der Waals surface area contributed by atoms with Gasteiger partial charge in [-0.3, -0.25) is 9.59 Å². The minimum absolute atomic E-state index is 0.0134. The molecule has 1 fully saturated rings. The van der Waals surface area contributed by atoms with Crippen molar-refractivity contribution in [3.63, 3.8) is 0 Å². The van der Waals surface area contributed by atoms with Crippen molar-refractivity contribution in [2.24, 2.45) is 4.99 Å². The van der Waals surface area contributed by atoms with Crippen LogP contribution in [0.1, 0.15) is 76.9 Å². The molecular weight excluding hydrogens is 466 g/mol. The van der Waals surface area contributed by atoms with Gasteiger partial charge in [0, 0.05) is 16.5 Å². The van der Waals surface area contributed by atoms with Gasteiger partial charge in [0.1, 0.15) is 10.7 Å². The van der Waals surface area contributed by atoms with E-state index in [1.165, 1.54) is 24.1 Å². The maximum Gasteiger partial charge on any atom is 0.277 e. The van der Waals surface area contributed by atoms with E-state index in [9.17, 15) is 9.59 Å². The number of amides is 2. The Hall–Kier alpha value is -3.25. The zero-order chi connectivity index (χ0) is 24.5. The molecule has 1 aliphatic heterocycles. The van der Waals surface area contributed by atoms with Crippen LogP contribution in [-0.2, 0) is 24.2 Å². The van der Waals surface area contributed by atoms with Crippen LogP contribution in [0.3, 0.4) is 0 Å². The summed E-state index contributed by atoms with van der Waals surface area (Å²) in [5, 5.41) is 4.00. The number of aliphatic imine (C=N–C) groups is 1. The van der Waals surface area contributed by atoms with Gasteiger partial charge in [-0.15, -0.1) is 11.3 Å². The van der Waals surface area contributed by atoms with Gasteiger partial charge in [-0.05, 0) is 55.7 Å². The molecule has 0 bridgehead atoms. The molecule has 2 amide bonds. The Morgan fingerprint density at radius 2 is 1.69 bits per heavy atom. The van der Waals surface area contributed by atoms with Crippen molar-refractivity contribution in [3.8, 4) is 0 Å². The van der Waals surface area contributed by atoms with Crippen LogP contribution in [0.15, 0.2) is 59.6 Å². The highest BCUT2D eigenvalue weighted by Gasteiger charge is 2.35. The molecular formula is C30H31N3O2S. The summed E-state index contributed by atoms with van der Waals surface area (Å²) in [5.41, 5.74) is 5.08. The van der Waals surface area contributed by atoms with Gasteiger partial charge in [-0.25, -0.2) is 4.99 Å². The maximum atomic E-state index is 13.7. The van der Waals surface area contributed by atoms with Crippen molar-refractivity contribution >= 4 is 39.6 Å². The number of nitrogens with one attached hydrogen (secondary N) is 1. The van der Waals surface area contributed by atoms with Crippen LogP contribution in [0.5, 0.6) is 0 Å². The lowest BCUT2D eigenvalue weighted by Crippen LogP contribution is -2.36. The standard InChI is InChI=1S/C30H31N3O2S/c34-28(31-21-13-5-2-6-14-21)26-23-16-8-10-18-25(23)36-29(26)32-27-22-15-7-9-17-24(22)33(30(27)35)19-20-11-3-1-4-12-20/h1,3-4,7,9,11-12,15,17,21H,2,5-6,8,10,13-14,16,18-19H2,(H,31,34). The van der Waals surface area contributed by atoms with E-state index >= 15 is 0 Å². The quantitative estimate of drug-likeness (QED) is 0.446. The number of carbonyl (C=O) groups excluding carboxylic acids is 2. The van der Waals surface area contributed by atoms with Gasteiger partial charge in [0.25, 0.3) is 11.8 Å². The molecule has 2 aliphatic carbocycles. The normalized spacial score (nSPS) is 18.8. The fraction of sp³-hybridized carbons (Fsp3) is 0.367. The van der Waals surface area contributed by atoms with Crippen molar-refractivity contribution < 1.29 is 9.59 Å². The Labute approximate surface area is 216 Å². The van der Waals surface area contributed by atoms with Gasteiger partial charge in [0.15, 0.2) is 0 Å². The highest BCUT2D eigenvalue weighted by Crippen LogP contribution is 2.42. The summed E-state index contributed by atoms with van der Waals surface area (Å²) >= 11 is 1.60. The van der Waals surface area contributed by atoms with Crippen LogP contribution in [0.25, 0.3) is 0 Å². The van der Waals surface area contributed by atoms with Gasteiger partial charge in [-0.1, -0.05) is 67.8 Å². The second kappa shape index (κ2) is 10.0. The monoisotopic (exact) mass is 497 g/mol. The number of carbonyl (C=O) groups is 2. The molecule has 1 saturated carbocycles. The fourth-order valence-corrected chi connectivity index (χ4v) is 7.03. The number of anilines is 1. The van der Waals surface area contributed by atoms with Crippen molar-refractivity contribution in [3.05, 3.63) is 81.7 Å². The van der Waals surface area contributed by atoms with Crippen molar-refractivity contribution in [2.45, 2.75) is 70.4 Å². The summed E-state index contributed by atoms with van der Waals surface area (Å²) in [7, 11) is 0. The Morgan fingerprint density at radius 1 is 0.944 bits per heavy atom. The lowest BCUT2D eigenvalue weighted by molar-refractivity contribution is -0.112. The third-order valence-corrected chi connectivity index (χ3v) is 8.80. The molecule has 5 nitrogen and oxygen atoms in total. The topological polar surface area (TPSA) is 61.8 Å². The molecule has 6 heteroatoms. The molecule has 2 aromatic carbocycles. The maximum absolute atomic E-state index is 13.7. The summed E-state index contributed by atoms with van der Waals surface area (Å²) in [4.78, 5) is 35.4. The molecule has 0 unspecified atom stereocenters. The molecule has 0 atom stereocenters. The molecule has 0 spiro atoms. The number of fused-ring (bicyclic) bond motifs is 2. The van der Waals surface area contributed by atoms with Crippen LogP contribution < -0.4 is 10.2 Å². The molecule has 3 aromatic rings. The van der Waals surface area contributed by atoms with Crippen molar-refractivity contribution in [1.82, 2.24) is 5.32 Å². The predicted octanol–water partition coefficient (Wildman–Crippen LogP) is 6.36. The Balaban J connectivity index is 1.38. The zero-order valence-electron chi connectivity index (χ0n) is 20.5. The van der Waals surface area contributed by atoms with Crippen LogP contribution >= 0.6 is 11.3 Å². The molecule has 184 valence electrons. The number of rotatable bonds is 5. The van der Waals surface area contributed by atoms with E-state index in [4.69, 9.17) is 4.99 Å². The first kappa shape index (κ1) is 23.2. The summed E-state index contributed by atoms with van der Waals surface area (Å²) < 4.78 is 0. The number of para-hydroxylation sites is 1. The Morgan fingerprint density at radius 3 is 2.53 bits per heavy atom. The third-order valence-electron chi connectivity index (χ3n) is 7.61. The van der Waals surface area contributed by atoms with Crippen LogP contribution in [0, 0.1) is 0 Å². The minimum Gasteiger partial charge on any atom is -0.349 e. The van der Waals surface area contributed by atoms with E-state index < -0.39 is 0 Å². The molecule has 0 radical (unpaired) electrons. The smallest absolute Gasteiger partial charge is 0.277 e. The highest BCUT2D eigenvalue weighted by atomic mass is 32.1. The van der Waals surface area contributed by atoms with E-state index in [1.54, 1.807) is 16.2 Å². The first-order valence-corrected chi connectivity index (χ1v) is 14.0. The van der Waals surface area contributed by atoms with Crippen LogP contribution in [0.2, 0.25) is 0 Å². The van der Waals surface area contributed by atoms with Crippen molar-refractivity contribution in [2.75, 3.05) is 4.90 Å². The number of hydrogen-bond donors (Lipinski definition) is 1.